The maximum atomic E-state index is 13.2. The van der Waals surface area contributed by atoms with Crippen LogP contribution in [0.25, 0.3) is 0 Å². The molecular formula is C13H16FN3. The SMILES string of the molecule is CNC(Cc1cc(F)ccc1C)c1ncc[nH]1. The third-order valence-corrected chi connectivity index (χ3v) is 2.93. The van der Waals surface area contributed by atoms with Gasteiger partial charge in [-0.1, -0.05) is 6.07 Å². The average molecular weight is 233 g/mol. The van der Waals surface area contributed by atoms with E-state index in [4.69, 9.17) is 0 Å². The first kappa shape index (κ1) is 11.8. The number of nitrogens with zero attached hydrogens (tertiary/aromatic N) is 1. The first-order chi connectivity index (χ1) is 8.20. The zero-order valence-corrected chi connectivity index (χ0v) is 10.00. The summed E-state index contributed by atoms with van der Waals surface area (Å²) in [5, 5.41) is 3.18. The van der Waals surface area contributed by atoms with E-state index in [1.807, 2.05) is 14.0 Å². The van der Waals surface area contributed by atoms with E-state index in [1.54, 1.807) is 24.5 Å². The lowest BCUT2D eigenvalue weighted by molar-refractivity contribution is 0.557. The molecule has 1 aromatic carbocycles. The van der Waals surface area contributed by atoms with Crippen molar-refractivity contribution in [3.05, 3.63) is 53.4 Å². The number of aryl methyl sites for hydroxylation is 1. The van der Waals surface area contributed by atoms with Crippen molar-refractivity contribution in [1.29, 1.82) is 0 Å². The highest BCUT2D eigenvalue weighted by atomic mass is 19.1. The second-order valence-corrected chi connectivity index (χ2v) is 4.09. The van der Waals surface area contributed by atoms with Gasteiger partial charge in [0, 0.05) is 12.4 Å². The summed E-state index contributed by atoms with van der Waals surface area (Å²) < 4.78 is 13.2. The number of benzene rings is 1. The summed E-state index contributed by atoms with van der Waals surface area (Å²) in [4.78, 5) is 7.30. The summed E-state index contributed by atoms with van der Waals surface area (Å²) in [6.45, 7) is 1.99. The topological polar surface area (TPSA) is 40.7 Å². The molecular weight excluding hydrogens is 217 g/mol. The van der Waals surface area contributed by atoms with E-state index in [9.17, 15) is 4.39 Å². The van der Waals surface area contributed by atoms with Crippen LogP contribution < -0.4 is 5.32 Å². The smallest absolute Gasteiger partial charge is 0.123 e. The molecule has 0 spiro atoms. The fourth-order valence-corrected chi connectivity index (χ4v) is 1.88. The summed E-state index contributed by atoms with van der Waals surface area (Å²) in [7, 11) is 1.88. The van der Waals surface area contributed by atoms with Gasteiger partial charge in [-0.15, -0.1) is 0 Å². The van der Waals surface area contributed by atoms with Crippen LogP contribution in [0.15, 0.2) is 30.6 Å². The number of likely N-dealkylation sites (N-methyl/N-ethyl adjacent to an activating group) is 1. The zero-order chi connectivity index (χ0) is 12.3. The largest absolute Gasteiger partial charge is 0.347 e. The number of aromatic amines is 1. The summed E-state index contributed by atoms with van der Waals surface area (Å²) in [5.41, 5.74) is 2.10. The highest BCUT2D eigenvalue weighted by Crippen LogP contribution is 2.18. The summed E-state index contributed by atoms with van der Waals surface area (Å²) in [6.07, 6.45) is 4.23. The van der Waals surface area contributed by atoms with E-state index in [1.165, 1.54) is 6.07 Å². The molecule has 2 N–H and O–H groups in total. The standard InChI is InChI=1S/C13H16FN3/c1-9-3-4-11(14)7-10(9)8-12(15-2)13-16-5-6-17-13/h3-7,12,15H,8H2,1-2H3,(H,16,17). The van der Waals surface area contributed by atoms with Crippen molar-refractivity contribution in [2.45, 2.75) is 19.4 Å². The summed E-state index contributed by atoms with van der Waals surface area (Å²) >= 11 is 0. The number of aromatic nitrogens is 2. The van der Waals surface area contributed by atoms with E-state index in [0.29, 0.717) is 6.42 Å². The van der Waals surface area contributed by atoms with Crippen molar-refractivity contribution < 1.29 is 4.39 Å². The Morgan fingerprint density at radius 1 is 1.47 bits per heavy atom. The molecule has 2 aromatic rings. The van der Waals surface area contributed by atoms with Crippen LogP contribution >= 0.6 is 0 Å². The quantitative estimate of drug-likeness (QED) is 0.851. The monoisotopic (exact) mass is 233 g/mol. The molecule has 1 atom stereocenters. The lowest BCUT2D eigenvalue weighted by Crippen LogP contribution is -2.20. The molecule has 3 nitrogen and oxygen atoms in total. The molecule has 0 fully saturated rings. The van der Waals surface area contributed by atoms with Gasteiger partial charge in [-0.3, -0.25) is 0 Å². The Morgan fingerprint density at radius 3 is 2.94 bits per heavy atom. The van der Waals surface area contributed by atoms with Gasteiger partial charge in [0.15, 0.2) is 0 Å². The Bertz CT molecular complexity index is 479. The Hall–Kier alpha value is -1.68. The summed E-state index contributed by atoms with van der Waals surface area (Å²) in [6, 6.07) is 4.95. The second-order valence-electron chi connectivity index (χ2n) is 4.09. The van der Waals surface area contributed by atoms with Gasteiger partial charge >= 0.3 is 0 Å². The molecule has 90 valence electrons. The molecule has 17 heavy (non-hydrogen) atoms. The van der Waals surface area contributed by atoms with Crippen LogP contribution in [0, 0.1) is 12.7 Å². The molecule has 1 heterocycles. The van der Waals surface area contributed by atoms with Crippen LogP contribution in [0.4, 0.5) is 4.39 Å². The van der Waals surface area contributed by atoms with Crippen molar-refractivity contribution in [1.82, 2.24) is 15.3 Å². The Labute approximate surface area is 100 Å². The van der Waals surface area contributed by atoms with E-state index >= 15 is 0 Å². The molecule has 1 aromatic heterocycles. The van der Waals surface area contributed by atoms with Gasteiger partial charge in [0.2, 0.25) is 0 Å². The number of rotatable bonds is 4. The van der Waals surface area contributed by atoms with Crippen molar-refractivity contribution in [2.75, 3.05) is 7.05 Å². The Kier molecular flexibility index (Phi) is 3.54. The fourth-order valence-electron chi connectivity index (χ4n) is 1.88. The second kappa shape index (κ2) is 5.10. The van der Waals surface area contributed by atoms with Gasteiger partial charge in [-0.05, 0) is 43.7 Å². The molecule has 0 saturated carbocycles. The van der Waals surface area contributed by atoms with Crippen LogP contribution in [-0.2, 0) is 6.42 Å². The van der Waals surface area contributed by atoms with E-state index < -0.39 is 0 Å². The van der Waals surface area contributed by atoms with E-state index in [2.05, 4.69) is 15.3 Å². The minimum Gasteiger partial charge on any atom is -0.347 e. The third kappa shape index (κ3) is 2.71. The van der Waals surface area contributed by atoms with Gasteiger partial charge in [-0.25, -0.2) is 9.37 Å². The van der Waals surface area contributed by atoms with Crippen molar-refractivity contribution in [3.63, 3.8) is 0 Å². The molecule has 0 radical (unpaired) electrons. The van der Waals surface area contributed by atoms with Crippen molar-refractivity contribution >= 4 is 0 Å². The highest BCUT2D eigenvalue weighted by molar-refractivity contribution is 5.28. The number of H-pyrrole nitrogens is 1. The van der Waals surface area contributed by atoms with E-state index in [0.717, 1.165) is 17.0 Å². The lowest BCUT2D eigenvalue weighted by atomic mass is 10.0. The summed E-state index contributed by atoms with van der Waals surface area (Å²) in [5.74, 6) is 0.677. The number of nitrogens with one attached hydrogen (secondary N) is 2. The van der Waals surface area contributed by atoms with Gasteiger partial charge < -0.3 is 10.3 Å². The van der Waals surface area contributed by atoms with E-state index in [-0.39, 0.29) is 11.9 Å². The van der Waals surface area contributed by atoms with Crippen molar-refractivity contribution in [3.8, 4) is 0 Å². The average Bonchev–Trinajstić information content (AvgIpc) is 2.84. The number of imidazole rings is 1. The lowest BCUT2D eigenvalue weighted by Gasteiger charge is -2.15. The molecule has 0 saturated heterocycles. The molecule has 0 bridgehead atoms. The molecule has 0 aliphatic carbocycles. The Balaban J connectivity index is 2.21. The minimum absolute atomic E-state index is 0.0745. The number of hydrogen-bond acceptors (Lipinski definition) is 2. The van der Waals surface area contributed by atoms with Crippen LogP contribution in [-0.4, -0.2) is 17.0 Å². The minimum atomic E-state index is -0.195. The molecule has 0 aliphatic heterocycles. The first-order valence-corrected chi connectivity index (χ1v) is 5.62. The molecule has 0 aliphatic rings. The van der Waals surface area contributed by atoms with Gasteiger partial charge in [-0.2, -0.15) is 0 Å². The highest BCUT2D eigenvalue weighted by Gasteiger charge is 2.13. The van der Waals surface area contributed by atoms with Gasteiger partial charge in [0.1, 0.15) is 11.6 Å². The predicted molar refractivity (Wildman–Crippen MR) is 65.2 cm³/mol. The first-order valence-electron chi connectivity index (χ1n) is 5.62. The molecule has 0 amide bonds. The molecule has 1 unspecified atom stereocenters. The third-order valence-electron chi connectivity index (χ3n) is 2.93. The number of hydrogen-bond donors (Lipinski definition) is 2. The van der Waals surface area contributed by atoms with Crippen LogP contribution in [0.5, 0.6) is 0 Å². The van der Waals surface area contributed by atoms with Crippen LogP contribution in [0.2, 0.25) is 0 Å². The number of halogens is 1. The van der Waals surface area contributed by atoms with Gasteiger partial charge in [0.05, 0.1) is 6.04 Å². The zero-order valence-electron chi connectivity index (χ0n) is 10.00. The maximum absolute atomic E-state index is 13.2. The van der Waals surface area contributed by atoms with Crippen LogP contribution in [0.3, 0.4) is 0 Å². The maximum Gasteiger partial charge on any atom is 0.123 e. The Morgan fingerprint density at radius 2 is 2.29 bits per heavy atom. The fraction of sp³-hybridized carbons (Fsp3) is 0.308. The van der Waals surface area contributed by atoms with Crippen molar-refractivity contribution in [2.24, 2.45) is 0 Å². The van der Waals surface area contributed by atoms with Crippen LogP contribution in [0.1, 0.15) is 23.0 Å². The molecule has 2 rings (SSSR count). The molecule has 4 heteroatoms. The predicted octanol–water partition coefficient (Wildman–Crippen LogP) is 2.36. The van der Waals surface area contributed by atoms with Gasteiger partial charge in [0.25, 0.3) is 0 Å². The normalized spacial score (nSPS) is 12.6.